The van der Waals surface area contributed by atoms with Crippen molar-refractivity contribution < 1.29 is 13.5 Å². The van der Waals surface area contributed by atoms with Crippen LogP contribution in [0.3, 0.4) is 0 Å². The maximum atomic E-state index is 12.3. The van der Waals surface area contributed by atoms with Crippen LogP contribution in [0.1, 0.15) is 0 Å². The van der Waals surface area contributed by atoms with Crippen molar-refractivity contribution in [2.75, 3.05) is 0 Å². The third kappa shape index (κ3) is 3.03. The Balaban J connectivity index is 2.04. The van der Waals surface area contributed by atoms with E-state index in [4.69, 9.17) is 0 Å². The topological polar surface area (TPSA) is 22.1 Å². The Morgan fingerprint density at radius 2 is 1.81 bits per heavy atom. The molecule has 0 saturated carbocycles. The monoisotopic (exact) mass is 349 g/mol. The Labute approximate surface area is 128 Å². The average Bonchev–Trinajstić information content (AvgIpc) is 2.47. The van der Waals surface area contributed by atoms with Crippen molar-refractivity contribution >= 4 is 26.8 Å². The Bertz CT molecular complexity index is 792. The van der Waals surface area contributed by atoms with E-state index < -0.39 is 6.61 Å². The van der Waals surface area contributed by atoms with E-state index >= 15 is 0 Å². The molecule has 0 aliphatic rings. The van der Waals surface area contributed by atoms with Crippen LogP contribution >= 0.6 is 15.9 Å². The lowest BCUT2D eigenvalue weighted by atomic mass is 10.1. The van der Waals surface area contributed by atoms with Gasteiger partial charge in [-0.25, -0.2) is 4.98 Å². The number of fused-ring (bicyclic) bond motifs is 1. The molecule has 0 radical (unpaired) electrons. The van der Waals surface area contributed by atoms with E-state index in [0.717, 1.165) is 20.9 Å². The highest BCUT2D eigenvalue weighted by Gasteiger charge is 2.07. The molecule has 0 aliphatic carbocycles. The minimum absolute atomic E-state index is 0.124. The van der Waals surface area contributed by atoms with Gasteiger partial charge in [-0.15, -0.1) is 0 Å². The number of aromatic nitrogens is 1. The van der Waals surface area contributed by atoms with Crippen molar-refractivity contribution in [2.45, 2.75) is 6.61 Å². The van der Waals surface area contributed by atoms with Crippen LogP contribution in [0.4, 0.5) is 8.78 Å². The zero-order valence-corrected chi connectivity index (χ0v) is 12.3. The highest BCUT2D eigenvalue weighted by Crippen LogP contribution is 2.28. The second-order valence-corrected chi connectivity index (χ2v) is 5.26. The van der Waals surface area contributed by atoms with Gasteiger partial charge in [-0.1, -0.05) is 34.1 Å². The second-order valence-electron chi connectivity index (χ2n) is 4.41. The molecule has 0 amide bonds. The SMILES string of the molecule is FC(F)Oc1cccc(-c2ccc3c(Br)cccc3n2)c1. The van der Waals surface area contributed by atoms with Gasteiger partial charge in [-0.3, -0.25) is 0 Å². The summed E-state index contributed by atoms with van der Waals surface area (Å²) in [5.41, 5.74) is 2.28. The fraction of sp³-hybridized carbons (Fsp3) is 0.0625. The van der Waals surface area contributed by atoms with Gasteiger partial charge < -0.3 is 4.74 Å². The predicted molar refractivity (Wildman–Crippen MR) is 81.5 cm³/mol. The van der Waals surface area contributed by atoms with E-state index in [1.54, 1.807) is 12.1 Å². The minimum Gasteiger partial charge on any atom is -0.435 e. The van der Waals surface area contributed by atoms with E-state index in [2.05, 4.69) is 25.7 Å². The first-order valence-electron chi connectivity index (χ1n) is 6.24. The van der Waals surface area contributed by atoms with Crippen LogP contribution < -0.4 is 4.74 Å². The summed E-state index contributed by atoms with van der Waals surface area (Å²) in [6, 6.07) is 16.1. The number of ether oxygens (including phenoxy) is 1. The molecule has 0 atom stereocenters. The average molecular weight is 350 g/mol. The Morgan fingerprint density at radius 3 is 2.62 bits per heavy atom. The summed E-state index contributed by atoms with van der Waals surface area (Å²) in [6.07, 6.45) is 0. The van der Waals surface area contributed by atoms with Gasteiger partial charge in [0.15, 0.2) is 0 Å². The normalized spacial score (nSPS) is 11.0. The number of rotatable bonds is 3. The molecular formula is C16H10BrF2NO. The molecule has 21 heavy (non-hydrogen) atoms. The van der Waals surface area contributed by atoms with Gasteiger partial charge in [0.05, 0.1) is 11.2 Å². The summed E-state index contributed by atoms with van der Waals surface area (Å²) in [6.45, 7) is -2.83. The van der Waals surface area contributed by atoms with Gasteiger partial charge >= 0.3 is 6.61 Å². The van der Waals surface area contributed by atoms with Gasteiger partial charge in [-0.05, 0) is 36.4 Å². The molecule has 2 nitrogen and oxygen atoms in total. The van der Waals surface area contributed by atoms with Gasteiger partial charge in [-0.2, -0.15) is 8.78 Å². The van der Waals surface area contributed by atoms with Gasteiger partial charge in [0.2, 0.25) is 0 Å². The van der Waals surface area contributed by atoms with Crippen LogP contribution in [0.2, 0.25) is 0 Å². The summed E-state index contributed by atoms with van der Waals surface area (Å²) in [4.78, 5) is 4.55. The molecule has 3 aromatic rings. The quantitative estimate of drug-likeness (QED) is 0.642. The van der Waals surface area contributed by atoms with Crippen molar-refractivity contribution in [3.05, 3.63) is 59.1 Å². The van der Waals surface area contributed by atoms with Crippen molar-refractivity contribution in [3.8, 4) is 17.0 Å². The van der Waals surface area contributed by atoms with Crippen LogP contribution in [0.15, 0.2) is 59.1 Å². The molecule has 0 saturated heterocycles. The Morgan fingerprint density at radius 1 is 1.00 bits per heavy atom. The van der Waals surface area contributed by atoms with Crippen molar-refractivity contribution in [1.29, 1.82) is 0 Å². The zero-order valence-electron chi connectivity index (χ0n) is 10.8. The Kier molecular flexibility index (Phi) is 3.84. The van der Waals surface area contributed by atoms with Gasteiger partial charge in [0, 0.05) is 15.4 Å². The highest BCUT2D eigenvalue weighted by molar-refractivity contribution is 9.10. The van der Waals surface area contributed by atoms with Crippen molar-refractivity contribution in [1.82, 2.24) is 4.98 Å². The summed E-state index contributed by atoms with van der Waals surface area (Å²) < 4.78 is 29.9. The molecule has 0 N–H and O–H groups in total. The van der Waals surface area contributed by atoms with Crippen molar-refractivity contribution in [2.24, 2.45) is 0 Å². The molecule has 0 fully saturated rings. The molecule has 0 aliphatic heterocycles. The maximum absolute atomic E-state index is 12.3. The molecule has 1 aromatic heterocycles. The number of halogens is 3. The molecule has 1 heterocycles. The molecule has 5 heteroatoms. The molecule has 0 unspecified atom stereocenters. The fourth-order valence-electron chi connectivity index (χ4n) is 2.11. The molecule has 2 aromatic carbocycles. The summed E-state index contributed by atoms with van der Waals surface area (Å²) >= 11 is 3.47. The first kappa shape index (κ1) is 13.9. The van der Waals surface area contributed by atoms with E-state index in [-0.39, 0.29) is 5.75 Å². The van der Waals surface area contributed by atoms with Crippen LogP contribution in [-0.2, 0) is 0 Å². The second kappa shape index (κ2) is 5.77. The van der Waals surface area contributed by atoms with Crippen LogP contribution in [0, 0.1) is 0 Å². The first-order chi connectivity index (χ1) is 10.1. The summed E-state index contributed by atoms with van der Waals surface area (Å²) in [7, 11) is 0. The number of alkyl halides is 2. The standard InChI is InChI=1S/C16H10BrF2NO/c17-13-5-2-6-15-12(13)7-8-14(20-15)10-3-1-4-11(9-10)21-16(18)19/h1-9,16H. The number of hydrogen-bond donors (Lipinski definition) is 0. The third-order valence-corrected chi connectivity index (χ3v) is 3.73. The summed E-state index contributed by atoms with van der Waals surface area (Å²) in [5, 5.41) is 1.00. The smallest absolute Gasteiger partial charge is 0.387 e. The van der Waals surface area contributed by atoms with Crippen molar-refractivity contribution in [3.63, 3.8) is 0 Å². The zero-order chi connectivity index (χ0) is 14.8. The van der Waals surface area contributed by atoms with E-state index in [9.17, 15) is 8.78 Å². The largest absolute Gasteiger partial charge is 0.435 e. The number of nitrogens with zero attached hydrogens (tertiary/aromatic N) is 1. The lowest BCUT2D eigenvalue weighted by Gasteiger charge is -2.08. The number of benzene rings is 2. The number of pyridine rings is 1. The van der Waals surface area contributed by atoms with Gasteiger partial charge in [0.25, 0.3) is 0 Å². The van der Waals surface area contributed by atoms with E-state index in [0.29, 0.717) is 5.69 Å². The maximum Gasteiger partial charge on any atom is 0.387 e. The van der Waals surface area contributed by atoms with Gasteiger partial charge in [0.1, 0.15) is 5.75 Å². The Hall–Kier alpha value is -2.01. The lowest BCUT2D eigenvalue weighted by molar-refractivity contribution is -0.0498. The molecular weight excluding hydrogens is 340 g/mol. The van der Waals surface area contributed by atoms with E-state index in [1.165, 1.54) is 6.07 Å². The minimum atomic E-state index is -2.83. The van der Waals surface area contributed by atoms with E-state index in [1.807, 2.05) is 36.4 Å². The lowest BCUT2D eigenvalue weighted by Crippen LogP contribution is -2.01. The van der Waals surface area contributed by atoms with Crippen LogP contribution in [0.5, 0.6) is 5.75 Å². The third-order valence-electron chi connectivity index (χ3n) is 3.03. The van der Waals surface area contributed by atoms with Crippen LogP contribution in [-0.4, -0.2) is 11.6 Å². The fourth-order valence-corrected chi connectivity index (χ4v) is 2.60. The predicted octanol–water partition coefficient (Wildman–Crippen LogP) is 5.27. The molecule has 106 valence electrons. The molecule has 0 bridgehead atoms. The summed E-state index contributed by atoms with van der Waals surface area (Å²) in [5.74, 6) is 0.124. The molecule has 0 spiro atoms. The highest BCUT2D eigenvalue weighted by atomic mass is 79.9. The number of hydrogen-bond acceptors (Lipinski definition) is 2. The first-order valence-corrected chi connectivity index (χ1v) is 7.03. The molecule has 3 rings (SSSR count). The van der Waals surface area contributed by atoms with Crippen LogP contribution in [0.25, 0.3) is 22.2 Å².